The van der Waals surface area contributed by atoms with Crippen molar-refractivity contribution in [3.63, 3.8) is 0 Å². The van der Waals surface area contributed by atoms with Crippen LogP contribution in [-0.4, -0.2) is 20.3 Å². The minimum Gasteiger partial charge on any atom is -0.343 e. The molecule has 158 valence electrons. The van der Waals surface area contributed by atoms with E-state index in [2.05, 4.69) is 10.4 Å². The Balaban J connectivity index is 1.67. The number of fused-ring (bicyclic) bond motifs is 1. The molecule has 2 aromatic carbocycles. The predicted octanol–water partition coefficient (Wildman–Crippen LogP) is 4.29. The average molecular weight is 439 g/mol. The van der Waals surface area contributed by atoms with Crippen molar-refractivity contribution in [1.29, 1.82) is 0 Å². The van der Waals surface area contributed by atoms with Crippen molar-refractivity contribution < 1.29 is 9.18 Å². The Kier molecular flexibility index (Phi) is 5.61. The van der Waals surface area contributed by atoms with Crippen molar-refractivity contribution in [2.75, 3.05) is 5.32 Å². The van der Waals surface area contributed by atoms with E-state index in [4.69, 9.17) is 11.6 Å². The molecule has 0 atom stereocenters. The zero-order valence-electron chi connectivity index (χ0n) is 17.0. The molecule has 0 fully saturated rings. The van der Waals surface area contributed by atoms with E-state index in [-0.39, 0.29) is 17.8 Å². The van der Waals surface area contributed by atoms with Crippen molar-refractivity contribution in [2.45, 2.75) is 26.9 Å². The highest BCUT2D eigenvalue weighted by atomic mass is 35.5. The normalized spacial score (nSPS) is 11.1. The largest absolute Gasteiger partial charge is 0.343 e. The van der Waals surface area contributed by atoms with Crippen LogP contribution in [0.3, 0.4) is 0 Å². The first-order valence-corrected chi connectivity index (χ1v) is 10.1. The van der Waals surface area contributed by atoms with Gasteiger partial charge in [0.1, 0.15) is 12.4 Å². The predicted molar refractivity (Wildman–Crippen MR) is 119 cm³/mol. The van der Waals surface area contributed by atoms with E-state index < -0.39 is 11.7 Å². The third kappa shape index (κ3) is 3.96. The Morgan fingerprint density at radius 3 is 2.55 bits per heavy atom. The number of amides is 1. The minimum atomic E-state index is -0.547. The first kappa shape index (κ1) is 20.8. The number of nitrogens with one attached hydrogen (secondary N) is 1. The van der Waals surface area contributed by atoms with E-state index >= 15 is 0 Å². The van der Waals surface area contributed by atoms with E-state index in [1.807, 2.05) is 42.7 Å². The summed E-state index contributed by atoms with van der Waals surface area (Å²) in [4.78, 5) is 25.5. The summed E-state index contributed by atoms with van der Waals surface area (Å²) in [5, 5.41) is 8.50. The summed E-state index contributed by atoms with van der Waals surface area (Å²) in [5.74, 6) is -1.08. The fourth-order valence-electron chi connectivity index (χ4n) is 3.68. The maximum absolute atomic E-state index is 13.8. The minimum absolute atomic E-state index is 0.0551. The Bertz CT molecular complexity index is 1360. The van der Waals surface area contributed by atoms with Gasteiger partial charge in [0, 0.05) is 28.3 Å². The van der Waals surface area contributed by atoms with Gasteiger partial charge in [-0.3, -0.25) is 9.59 Å². The summed E-state index contributed by atoms with van der Waals surface area (Å²) in [6.07, 6.45) is 1.58. The Morgan fingerprint density at radius 2 is 1.81 bits per heavy atom. The molecule has 2 heterocycles. The van der Waals surface area contributed by atoms with E-state index in [9.17, 15) is 14.0 Å². The molecular weight excluding hydrogens is 419 g/mol. The summed E-state index contributed by atoms with van der Waals surface area (Å²) >= 11 is 6.31. The number of nitrogens with zero attached hydrogens (tertiary/aromatic N) is 3. The van der Waals surface area contributed by atoms with Gasteiger partial charge < -0.3 is 9.88 Å². The molecule has 4 rings (SSSR count). The van der Waals surface area contributed by atoms with Gasteiger partial charge in [0.25, 0.3) is 5.56 Å². The number of halogens is 2. The van der Waals surface area contributed by atoms with Crippen LogP contribution >= 0.6 is 11.6 Å². The van der Waals surface area contributed by atoms with Crippen LogP contribution in [0.1, 0.15) is 17.0 Å². The van der Waals surface area contributed by atoms with E-state index in [1.165, 1.54) is 18.2 Å². The Labute approximate surface area is 182 Å². The zero-order valence-corrected chi connectivity index (χ0v) is 17.8. The molecule has 1 amide bonds. The van der Waals surface area contributed by atoms with Crippen molar-refractivity contribution in [3.05, 3.63) is 92.9 Å². The molecule has 2 aromatic heterocycles. The lowest BCUT2D eigenvalue weighted by molar-refractivity contribution is -0.117. The monoisotopic (exact) mass is 438 g/mol. The molecule has 0 aliphatic carbocycles. The molecule has 0 spiro atoms. The first-order valence-electron chi connectivity index (χ1n) is 9.70. The number of aryl methyl sites for hydroxylation is 2. The summed E-state index contributed by atoms with van der Waals surface area (Å²) in [6.45, 7) is 3.97. The van der Waals surface area contributed by atoms with Crippen LogP contribution in [0.2, 0.25) is 5.02 Å². The highest BCUT2D eigenvalue weighted by Gasteiger charge is 2.18. The van der Waals surface area contributed by atoms with Crippen molar-refractivity contribution in [3.8, 4) is 0 Å². The fraction of sp³-hybridized carbons (Fsp3) is 0.174. The van der Waals surface area contributed by atoms with Gasteiger partial charge >= 0.3 is 0 Å². The lowest BCUT2D eigenvalue weighted by Crippen LogP contribution is -2.29. The number of aromatic nitrogens is 3. The Morgan fingerprint density at radius 1 is 1.10 bits per heavy atom. The van der Waals surface area contributed by atoms with Crippen molar-refractivity contribution >= 4 is 34.0 Å². The fourth-order valence-corrected chi connectivity index (χ4v) is 3.88. The molecule has 6 nitrogen and oxygen atoms in total. The molecule has 0 aliphatic heterocycles. The van der Waals surface area contributed by atoms with Crippen LogP contribution in [-0.2, 0) is 17.9 Å². The van der Waals surface area contributed by atoms with Crippen LogP contribution in [0, 0.1) is 19.7 Å². The van der Waals surface area contributed by atoms with Crippen molar-refractivity contribution in [1.82, 2.24) is 14.3 Å². The first-order chi connectivity index (χ1) is 14.9. The highest BCUT2D eigenvalue weighted by Crippen LogP contribution is 2.25. The van der Waals surface area contributed by atoms with Crippen LogP contribution in [0.15, 0.2) is 59.5 Å². The quantitative estimate of drug-likeness (QED) is 0.505. The topological polar surface area (TPSA) is 68.9 Å². The summed E-state index contributed by atoms with van der Waals surface area (Å²) in [7, 11) is 0. The van der Waals surface area contributed by atoms with Crippen LogP contribution in [0.4, 0.5) is 10.1 Å². The number of carbonyl (C=O) groups is 1. The zero-order chi connectivity index (χ0) is 22.1. The molecule has 0 radical (unpaired) electrons. The van der Waals surface area contributed by atoms with Crippen LogP contribution < -0.4 is 10.9 Å². The maximum Gasteiger partial charge on any atom is 0.276 e. The van der Waals surface area contributed by atoms with Gasteiger partial charge in [-0.15, -0.1) is 0 Å². The van der Waals surface area contributed by atoms with E-state index in [0.29, 0.717) is 17.0 Å². The number of rotatable bonds is 5. The number of hydrogen-bond donors (Lipinski definition) is 1. The third-order valence-electron chi connectivity index (χ3n) is 5.33. The molecule has 4 aromatic rings. The average Bonchev–Trinajstić information content (AvgIpc) is 2.98. The standard InChI is InChI=1S/C23H20ClFN4O2/c1-14-17-11-26-29(13-21(30)27-20-10-6-5-9-19(20)25)23(31)22(17)15(2)28(14)12-16-7-3-4-8-18(16)24/h3-11H,12-13H2,1-2H3,(H,27,30). The number of anilines is 1. The summed E-state index contributed by atoms with van der Waals surface area (Å²) in [6, 6.07) is 13.4. The van der Waals surface area contributed by atoms with Crippen LogP contribution in [0.25, 0.3) is 10.8 Å². The smallest absolute Gasteiger partial charge is 0.276 e. The van der Waals surface area contributed by atoms with Gasteiger partial charge in [-0.2, -0.15) is 5.10 Å². The summed E-state index contributed by atoms with van der Waals surface area (Å²) in [5.41, 5.74) is 2.27. The molecule has 31 heavy (non-hydrogen) atoms. The van der Waals surface area contributed by atoms with Gasteiger partial charge in [-0.05, 0) is 37.6 Å². The Hall–Kier alpha value is -3.45. The molecule has 0 saturated heterocycles. The lowest BCUT2D eigenvalue weighted by Gasteiger charge is -2.10. The second-order valence-corrected chi connectivity index (χ2v) is 7.68. The third-order valence-corrected chi connectivity index (χ3v) is 5.70. The molecule has 0 bridgehead atoms. The highest BCUT2D eigenvalue weighted by molar-refractivity contribution is 6.31. The maximum atomic E-state index is 13.8. The molecule has 0 aliphatic rings. The molecular formula is C23H20ClFN4O2. The molecule has 0 unspecified atom stereocenters. The van der Waals surface area contributed by atoms with E-state index in [1.54, 1.807) is 12.3 Å². The van der Waals surface area contributed by atoms with Gasteiger partial charge in [-0.25, -0.2) is 9.07 Å². The van der Waals surface area contributed by atoms with Gasteiger partial charge in [0.15, 0.2) is 0 Å². The molecule has 8 heteroatoms. The SMILES string of the molecule is Cc1c2cnn(CC(=O)Nc3ccccc3F)c(=O)c2c(C)n1Cc1ccccc1Cl. The second-order valence-electron chi connectivity index (χ2n) is 7.27. The van der Waals surface area contributed by atoms with Crippen LogP contribution in [0.5, 0.6) is 0 Å². The van der Waals surface area contributed by atoms with Gasteiger partial charge in [0.2, 0.25) is 5.91 Å². The molecule has 0 saturated carbocycles. The lowest BCUT2D eigenvalue weighted by atomic mass is 10.2. The number of benzene rings is 2. The number of carbonyl (C=O) groups excluding carboxylic acids is 1. The number of para-hydroxylation sites is 1. The molecule has 1 N–H and O–H groups in total. The van der Waals surface area contributed by atoms with E-state index in [0.717, 1.165) is 27.0 Å². The van der Waals surface area contributed by atoms with Gasteiger partial charge in [-0.1, -0.05) is 41.9 Å². The summed E-state index contributed by atoms with van der Waals surface area (Å²) < 4.78 is 16.9. The number of hydrogen-bond acceptors (Lipinski definition) is 3. The van der Waals surface area contributed by atoms with Gasteiger partial charge in [0.05, 0.1) is 17.3 Å². The van der Waals surface area contributed by atoms with Crippen molar-refractivity contribution in [2.24, 2.45) is 0 Å². The second kappa shape index (κ2) is 8.35.